The molecule has 3 aromatic rings. The highest BCUT2D eigenvalue weighted by molar-refractivity contribution is 9.10. The number of rotatable bonds is 6. The average Bonchev–Trinajstić information content (AvgIpc) is 3.21. The number of halogens is 1. The third-order valence-electron chi connectivity index (χ3n) is 5.28. The summed E-state index contributed by atoms with van der Waals surface area (Å²) >= 11 is 3.44. The second-order valence-electron chi connectivity index (χ2n) is 7.61. The van der Waals surface area contributed by atoms with Gasteiger partial charge in [-0.3, -0.25) is 4.79 Å². The van der Waals surface area contributed by atoms with Gasteiger partial charge in [0.1, 0.15) is 5.75 Å². The summed E-state index contributed by atoms with van der Waals surface area (Å²) in [5.41, 5.74) is 3.57. The zero-order valence-electron chi connectivity index (χ0n) is 17.1. The van der Waals surface area contributed by atoms with Crippen molar-refractivity contribution in [2.24, 2.45) is 0 Å². The van der Waals surface area contributed by atoms with Gasteiger partial charge in [0.25, 0.3) is 5.91 Å². The number of benzene rings is 2. The summed E-state index contributed by atoms with van der Waals surface area (Å²) in [6.07, 6.45) is 4.04. The number of aryl methyl sites for hydroxylation is 2. The third-order valence-corrected chi connectivity index (χ3v) is 5.77. The van der Waals surface area contributed by atoms with Crippen LogP contribution in [0.1, 0.15) is 36.8 Å². The number of fused-ring (bicyclic) bond motifs is 1. The highest BCUT2D eigenvalue weighted by Crippen LogP contribution is 2.26. The molecule has 7 heteroatoms. The molecule has 0 N–H and O–H groups in total. The van der Waals surface area contributed by atoms with Crippen molar-refractivity contribution in [1.29, 1.82) is 0 Å². The SMILES string of the molecule is CC(Oc1ccc2c(c1)CCCC2)C(=O)N(C)Cc1nc(-c2cccc(Br)c2)no1. The van der Waals surface area contributed by atoms with Gasteiger partial charge in [0.15, 0.2) is 6.10 Å². The normalized spacial score (nSPS) is 14.1. The quantitative estimate of drug-likeness (QED) is 0.518. The molecule has 0 spiro atoms. The Kier molecular flexibility index (Phi) is 6.18. The number of nitrogens with zero attached hydrogens (tertiary/aromatic N) is 3. The van der Waals surface area contributed by atoms with Gasteiger partial charge in [0.05, 0.1) is 6.54 Å². The number of aromatic nitrogens is 2. The lowest BCUT2D eigenvalue weighted by molar-refractivity contribution is -0.137. The van der Waals surface area contributed by atoms with Gasteiger partial charge in [-0.05, 0) is 68.0 Å². The minimum atomic E-state index is -0.607. The Bertz CT molecular complexity index is 1050. The van der Waals surface area contributed by atoms with E-state index in [4.69, 9.17) is 9.26 Å². The van der Waals surface area contributed by atoms with Crippen LogP contribution in [0.25, 0.3) is 11.4 Å². The standard InChI is InChI=1S/C23H24BrN3O3/c1-15(29-20-11-10-16-6-3-4-7-17(16)13-20)23(28)27(2)14-21-25-22(26-30-21)18-8-5-9-19(24)12-18/h5,8-13,15H,3-4,6-7,14H2,1-2H3. The first-order chi connectivity index (χ1) is 14.5. The van der Waals surface area contributed by atoms with Gasteiger partial charge in [-0.15, -0.1) is 0 Å². The predicted molar refractivity (Wildman–Crippen MR) is 117 cm³/mol. The number of likely N-dealkylation sites (N-methyl/N-ethyl adjacent to an activating group) is 1. The topological polar surface area (TPSA) is 68.5 Å². The van der Waals surface area contributed by atoms with Gasteiger partial charge in [-0.2, -0.15) is 4.98 Å². The van der Waals surface area contributed by atoms with E-state index >= 15 is 0 Å². The van der Waals surface area contributed by atoms with Crippen LogP contribution >= 0.6 is 15.9 Å². The minimum Gasteiger partial charge on any atom is -0.481 e. The fraction of sp³-hybridized carbons (Fsp3) is 0.348. The Morgan fingerprint density at radius 2 is 2.00 bits per heavy atom. The average molecular weight is 470 g/mol. The number of carbonyl (C=O) groups excluding carboxylic acids is 1. The summed E-state index contributed by atoms with van der Waals surface area (Å²) in [6.45, 7) is 1.98. The van der Waals surface area contributed by atoms with Gasteiger partial charge in [-0.25, -0.2) is 0 Å². The molecular weight excluding hydrogens is 446 g/mol. The fourth-order valence-corrected chi connectivity index (χ4v) is 4.09. The van der Waals surface area contributed by atoms with Gasteiger partial charge in [0, 0.05) is 17.1 Å². The van der Waals surface area contributed by atoms with Crippen LogP contribution in [0.2, 0.25) is 0 Å². The van der Waals surface area contributed by atoms with E-state index in [0.29, 0.717) is 11.7 Å². The molecular formula is C23H24BrN3O3. The van der Waals surface area contributed by atoms with Crippen molar-refractivity contribution >= 4 is 21.8 Å². The van der Waals surface area contributed by atoms with Crippen molar-refractivity contribution in [3.05, 3.63) is 64.0 Å². The van der Waals surface area contributed by atoms with Crippen LogP contribution in [0.3, 0.4) is 0 Å². The number of carbonyl (C=O) groups is 1. The Morgan fingerprint density at radius 1 is 1.20 bits per heavy atom. The van der Waals surface area contributed by atoms with Crippen LogP contribution in [0.15, 0.2) is 51.5 Å². The summed E-state index contributed by atoms with van der Waals surface area (Å²) < 4.78 is 12.2. The van der Waals surface area contributed by atoms with Crippen LogP contribution in [-0.2, 0) is 24.2 Å². The van der Waals surface area contributed by atoms with E-state index in [9.17, 15) is 4.79 Å². The van der Waals surface area contributed by atoms with Crippen LogP contribution in [0, 0.1) is 0 Å². The summed E-state index contributed by atoms with van der Waals surface area (Å²) in [5.74, 6) is 1.46. The van der Waals surface area contributed by atoms with Gasteiger partial charge >= 0.3 is 0 Å². The first-order valence-electron chi connectivity index (χ1n) is 10.1. The maximum atomic E-state index is 12.8. The molecule has 30 heavy (non-hydrogen) atoms. The molecule has 1 unspecified atom stereocenters. The van der Waals surface area contributed by atoms with Crippen molar-refractivity contribution in [2.45, 2.75) is 45.3 Å². The largest absolute Gasteiger partial charge is 0.481 e. The molecule has 1 aromatic heterocycles. The van der Waals surface area contributed by atoms with E-state index < -0.39 is 6.10 Å². The molecule has 1 atom stereocenters. The number of amides is 1. The molecule has 0 radical (unpaired) electrons. The van der Waals surface area contributed by atoms with E-state index in [1.54, 1.807) is 18.9 Å². The molecule has 156 valence electrons. The number of ether oxygens (including phenoxy) is 1. The highest BCUT2D eigenvalue weighted by atomic mass is 79.9. The molecule has 2 aromatic carbocycles. The molecule has 1 amide bonds. The third kappa shape index (κ3) is 4.73. The number of hydrogen-bond acceptors (Lipinski definition) is 5. The smallest absolute Gasteiger partial charge is 0.263 e. The monoisotopic (exact) mass is 469 g/mol. The Balaban J connectivity index is 1.37. The Morgan fingerprint density at radius 3 is 2.80 bits per heavy atom. The molecule has 0 saturated carbocycles. The molecule has 0 fully saturated rings. The van der Waals surface area contributed by atoms with Gasteiger partial charge in [0.2, 0.25) is 11.7 Å². The summed E-state index contributed by atoms with van der Waals surface area (Å²) in [4.78, 5) is 18.7. The first-order valence-corrected chi connectivity index (χ1v) is 10.9. The van der Waals surface area contributed by atoms with Crippen molar-refractivity contribution in [1.82, 2.24) is 15.0 Å². The molecule has 6 nitrogen and oxygen atoms in total. The molecule has 0 bridgehead atoms. The van der Waals surface area contributed by atoms with Crippen LogP contribution in [-0.4, -0.2) is 34.1 Å². The molecule has 1 aliphatic rings. The van der Waals surface area contributed by atoms with Crippen molar-refractivity contribution in [3.63, 3.8) is 0 Å². The zero-order valence-corrected chi connectivity index (χ0v) is 18.7. The molecule has 1 heterocycles. The van der Waals surface area contributed by atoms with E-state index in [-0.39, 0.29) is 12.5 Å². The fourth-order valence-electron chi connectivity index (χ4n) is 3.69. The lowest BCUT2D eigenvalue weighted by Gasteiger charge is -2.22. The highest BCUT2D eigenvalue weighted by Gasteiger charge is 2.22. The minimum absolute atomic E-state index is 0.144. The summed E-state index contributed by atoms with van der Waals surface area (Å²) in [7, 11) is 1.71. The number of hydrogen-bond donors (Lipinski definition) is 0. The lowest BCUT2D eigenvalue weighted by atomic mass is 9.92. The lowest BCUT2D eigenvalue weighted by Crippen LogP contribution is -2.37. The van der Waals surface area contributed by atoms with E-state index in [2.05, 4.69) is 38.2 Å². The molecule has 0 saturated heterocycles. The van der Waals surface area contributed by atoms with Crippen LogP contribution < -0.4 is 4.74 Å². The second kappa shape index (κ2) is 9.00. The molecule has 0 aliphatic heterocycles. The Labute approximate surface area is 184 Å². The van der Waals surface area contributed by atoms with Crippen molar-refractivity contribution in [3.8, 4) is 17.1 Å². The van der Waals surface area contributed by atoms with E-state index in [0.717, 1.165) is 28.6 Å². The van der Waals surface area contributed by atoms with Crippen molar-refractivity contribution < 1.29 is 14.1 Å². The first kappa shape index (κ1) is 20.6. The van der Waals surface area contributed by atoms with E-state index in [1.165, 1.54) is 24.0 Å². The summed E-state index contributed by atoms with van der Waals surface area (Å²) in [6, 6.07) is 13.8. The molecule has 1 aliphatic carbocycles. The van der Waals surface area contributed by atoms with Gasteiger partial charge in [-0.1, -0.05) is 39.3 Å². The zero-order chi connectivity index (χ0) is 21.1. The Hall–Kier alpha value is -2.67. The summed E-state index contributed by atoms with van der Waals surface area (Å²) in [5, 5.41) is 4.02. The maximum Gasteiger partial charge on any atom is 0.263 e. The van der Waals surface area contributed by atoms with Crippen LogP contribution in [0.5, 0.6) is 5.75 Å². The predicted octanol–water partition coefficient (Wildman–Crippen LogP) is 4.80. The van der Waals surface area contributed by atoms with Crippen LogP contribution in [0.4, 0.5) is 0 Å². The van der Waals surface area contributed by atoms with Crippen molar-refractivity contribution in [2.75, 3.05) is 7.05 Å². The maximum absolute atomic E-state index is 12.8. The van der Waals surface area contributed by atoms with E-state index in [1.807, 2.05) is 30.3 Å². The molecule has 4 rings (SSSR count). The van der Waals surface area contributed by atoms with Gasteiger partial charge < -0.3 is 14.2 Å². The second-order valence-corrected chi connectivity index (χ2v) is 8.53.